The summed E-state index contributed by atoms with van der Waals surface area (Å²) >= 11 is 0. The van der Waals surface area contributed by atoms with E-state index in [9.17, 15) is 14.4 Å². The minimum absolute atomic E-state index is 0.0693. The molecule has 0 unspecified atom stereocenters. The van der Waals surface area contributed by atoms with Crippen LogP contribution in [0.1, 0.15) is 44.0 Å². The maximum Gasteiger partial charge on any atom is 0.340 e. The van der Waals surface area contributed by atoms with Crippen LogP contribution in [0.4, 0.5) is 5.69 Å². The van der Waals surface area contributed by atoms with E-state index in [-0.39, 0.29) is 25.0 Å². The number of anilines is 1. The van der Waals surface area contributed by atoms with Crippen molar-refractivity contribution in [2.45, 2.75) is 33.6 Å². The van der Waals surface area contributed by atoms with Gasteiger partial charge in [0.25, 0.3) is 0 Å². The number of piperidine rings is 1. The second-order valence-electron chi connectivity index (χ2n) is 6.41. The summed E-state index contributed by atoms with van der Waals surface area (Å²) in [6, 6.07) is 6.72. The topological polar surface area (TPSA) is 66.9 Å². The van der Waals surface area contributed by atoms with Crippen LogP contribution in [0.2, 0.25) is 0 Å². The van der Waals surface area contributed by atoms with Gasteiger partial charge in [0.05, 0.1) is 17.9 Å². The summed E-state index contributed by atoms with van der Waals surface area (Å²) in [4.78, 5) is 40.1. The van der Waals surface area contributed by atoms with Crippen molar-refractivity contribution in [2.75, 3.05) is 31.1 Å². The van der Waals surface area contributed by atoms with Gasteiger partial charge in [-0.3, -0.25) is 9.59 Å². The zero-order valence-electron chi connectivity index (χ0n) is 15.2. The van der Waals surface area contributed by atoms with Gasteiger partial charge >= 0.3 is 5.97 Å². The highest BCUT2D eigenvalue weighted by Gasteiger charge is 2.26. The molecule has 1 aliphatic rings. The van der Waals surface area contributed by atoms with Crippen molar-refractivity contribution < 1.29 is 19.1 Å². The maximum absolute atomic E-state index is 12.6. The number of likely N-dealkylation sites (tertiary alicyclic amines) is 1. The van der Waals surface area contributed by atoms with Crippen LogP contribution in [0.25, 0.3) is 0 Å². The molecule has 1 fully saturated rings. The molecule has 1 aliphatic heterocycles. The molecule has 0 bridgehead atoms. The third kappa shape index (κ3) is 4.81. The van der Waals surface area contributed by atoms with Gasteiger partial charge in [0.2, 0.25) is 11.8 Å². The number of nitrogens with zero attached hydrogens (tertiary/aromatic N) is 2. The number of rotatable bonds is 5. The summed E-state index contributed by atoms with van der Waals surface area (Å²) in [6.07, 6.45) is 1.95. The fraction of sp³-hybridized carbons (Fsp3) is 0.526. The zero-order chi connectivity index (χ0) is 18.4. The number of carbonyl (C=O) groups excluding carboxylic acids is 3. The molecule has 0 aliphatic carbocycles. The summed E-state index contributed by atoms with van der Waals surface area (Å²) in [5.74, 6) is -0.252. The Morgan fingerprint density at radius 2 is 1.84 bits per heavy atom. The number of esters is 1. The lowest BCUT2D eigenvalue weighted by molar-refractivity contribution is -0.132. The molecule has 6 nitrogen and oxygen atoms in total. The van der Waals surface area contributed by atoms with Crippen LogP contribution >= 0.6 is 0 Å². The number of amides is 2. The van der Waals surface area contributed by atoms with E-state index in [4.69, 9.17) is 4.74 Å². The Bertz CT molecular complexity index is 636. The molecule has 1 saturated heterocycles. The van der Waals surface area contributed by atoms with E-state index in [0.29, 0.717) is 30.3 Å². The van der Waals surface area contributed by atoms with Gasteiger partial charge in [-0.15, -0.1) is 0 Å². The predicted octanol–water partition coefficient (Wildman–Crippen LogP) is 2.47. The first-order valence-electron chi connectivity index (χ1n) is 8.76. The third-order valence-electron chi connectivity index (χ3n) is 4.50. The van der Waals surface area contributed by atoms with Gasteiger partial charge in [0, 0.05) is 20.0 Å². The van der Waals surface area contributed by atoms with Crippen molar-refractivity contribution in [1.29, 1.82) is 0 Å². The lowest BCUT2D eigenvalue weighted by Gasteiger charge is -2.32. The maximum atomic E-state index is 12.6. The molecule has 2 amide bonds. The van der Waals surface area contributed by atoms with Crippen LogP contribution in [0.15, 0.2) is 24.3 Å². The number of hydrogen-bond donors (Lipinski definition) is 0. The van der Waals surface area contributed by atoms with Gasteiger partial charge in [-0.05, 0) is 37.8 Å². The van der Waals surface area contributed by atoms with Gasteiger partial charge in [-0.2, -0.15) is 0 Å². The molecule has 136 valence electrons. The van der Waals surface area contributed by atoms with Gasteiger partial charge < -0.3 is 14.5 Å². The van der Waals surface area contributed by atoms with Crippen LogP contribution in [0.3, 0.4) is 0 Å². The Labute approximate surface area is 148 Å². The number of carbonyl (C=O) groups is 3. The van der Waals surface area contributed by atoms with Crippen molar-refractivity contribution in [2.24, 2.45) is 5.92 Å². The number of ether oxygens (including phenoxy) is 1. The quantitative estimate of drug-likeness (QED) is 0.768. The summed E-state index contributed by atoms with van der Waals surface area (Å²) in [5.41, 5.74) is 0.701. The highest BCUT2D eigenvalue weighted by molar-refractivity contribution is 6.04. The van der Waals surface area contributed by atoms with Crippen molar-refractivity contribution in [3.05, 3.63) is 29.8 Å². The van der Waals surface area contributed by atoms with E-state index in [1.165, 1.54) is 11.8 Å². The van der Waals surface area contributed by atoms with Crippen molar-refractivity contribution in [1.82, 2.24) is 4.90 Å². The van der Waals surface area contributed by atoms with E-state index in [0.717, 1.165) is 12.8 Å². The Balaban J connectivity index is 2.20. The largest absolute Gasteiger partial charge is 0.462 e. The second kappa shape index (κ2) is 8.65. The first kappa shape index (κ1) is 19.0. The SMILES string of the molecule is CCOC(=O)c1ccccc1N(CC(=O)N1CCC(C)CC1)C(C)=O. The van der Waals surface area contributed by atoms with Crippen LogP contribution < -0.4 is 4.90 Å². The van der Waals surface area contributed by atoms with Gasteiger partial charge in [-0.25, -0.2) is 4.79 Å². The molecule has 25 heavy (non-hydrogen) atoms. The molecular weight excluding hydrogens is 320 g/mol. The van der Waals surface area contributed by atoms with E-state index in [1.54, 1.807) is 36.1 Å². The molecule has 1 heterocycles. The Hall–Kier alpha value is -2.37. The van der Waals surface area contributed by atoms with Crippen molar-refractivity contribution in [3.63, 3.8) is 0 Å². The molecular formula is C19H26N2O4. The van der Waals surface area contributed by atoms with Crippen molar-refractivity contribution >= 4 is 23.5 Å². The molecule has 0 N–H and O–H groups in total. The molecule has 2 rings (SSSR count). The first-order valence-corrected chi connectivity index (χ1v) is 8.76. The summed E-state index contributed by atoms with van der Waals surface area (Å²) in [7, 11) is 0. The van der Waals surface area contributed by atoms with Gasteiger partial charge in [0.1, 0.15) is 6.54 Å². The lowest BCUT2D eigenvalue weighted by atomic mass is 9.99. The molecule has 0 aromatic heterocycles. The molecule has 0 saturated carbocycles. The normalized spacial score (nSPS) is 14.9. The van der Waals surface area contributed by atoms with Gasteiger partial charge in [-0.1, -0.05) is 19.1 Å². The lowest BCUT2D eigenvalue weighted by Crippen LogP contribution is -2.45. The fourth-order valence-electron chi connectivity index (χ4n) is 2.95. The van der Waals surface area contributed by atoms with Gasteiger partial charge in [0.15, 0.2) is 0 Å². The number of hydrogen-bond acceptors (Lipinski definition) is 4. The van der Waals surface area contributed by atoms with E-state index in [1.807, 2.05) is 0 Å². The predicted molar refractivity (Wildman–Crippen MR) is 95.4 cm³/mol. The highest BCUT2D eigenvalue weighted by Crippen LogP contribution is 2.23. The smallest absolute Gasteiger partial charge is 0.340 e. The fourth-order valence-corrected chi connectivity index (χ4v) is 2.95. The summed E-state index contributed by atoms with van der Waals surface area (Å²) in [6.45, 7) is 6.91. The number of benzene rings is 1. The zero-order valence-corrected chi connectivity index (χ0v) is 15.2. The van der Waals surface area contributed by atoms with E-state index in [2.05, 4.69) is 6.92 Å². The molecule has 1 aromatic carbocycles. The molecule has 1 aromatic rings. The molecule has 0 radical (unpaired) electrons. The summed E-state index contributed by atoms with van der Waals surface area (Å²) in [5, 5.41) is 0. The average molecular weight is 346 g/mol. The Morgan fingerprint density at radius 3 is 2.44 bits per heavy atom. The molecule has 6 heteroatoms. The standard InChI is InChI=1S/C19H26N2O4/c1-4-25-19(24)16-7-5-6-8-17(16)21(15(3)22)13-18(23)20-11-9-14(2)10-12-20/h5-8,14H,4,9-13H2,1-3H3. The summed E-state index contributed by atoms with van der Waals surface area (Å²) < 4.78 is 5.06. The highest BCUT2D eigenvalue weighted by atomic mass is 16.5. The van der Waals surface area contributed by atoms with Crippen molar-refractivity contribution in [3.8, 4) is 0 Å². The van der Waals surface area contributed by atoms with Crippen LogP contribution in [-0.4, -0.2) is 48.9 Å². The minimum atomic E-state index is -0.497. The van der Waals surface area contributed by atoms with E-state index < -0.39 is 5.97 Å². The Morgan fingerprint density at radius 1 is 1.20 bits per heavy atom. The minimum Gasteiger partial charge on any atom is -0.462 e. The van der Waals surface area contributed by atoms with E-state index >= 15 is 0 Å². The monoisotopic (exact) mass is 346 g/mol. The first-order chi connectivity index (χ1) is 11.9. The molecule has 0 spiro atoms. The Kier molecular flexibility index (Phi) is 6.56. The third-order valence-corrected chi connectivity index (χ3v) is 4.50. The average Bonchev–Trinajstić information content (AvgIpc) is 2.60. The second-order valence-corrected chi connectivity index (χ2v) is 6.41. The molecule has 0 atom stereocenters. The van der Waals surface area contributed by atoms with Crippen LogP contribution in [-0.2, 0) is 14.3 Å². The number of para-hydroxylation sites is 1. The van der Waals surface area contributed by atoms with Crippen LogP contribution in [0.5, 0.6) is 0 Å². The van der Waals surface area contributed by atoms with Crippen LogP contribution in [0, 0.1) is 5.92 Å².